The van der Waals surface area contributed by atoms with Gasteiger partial charge in [-0.2, -0.15) is 0 Å². The summed E-state index contributed by atoms with van der Waals surface area (Å²) in [4.78, 5) is 0. The summed E-state index contributed by atoms with van der Waals surface area (Å²) in [6, 6.07) is 8.72. The van der Waals surface area contributed by atoms with Gasteiger partial charge >= 0.3 is 0 Å². The van der Waals surface area contributed by atoms with E-state index in [2.05, 4.69) is 38.1 Å². The lowest BCUT2D eigenvalue weighted by Gasteiger charge is -2.07. The van der Waals surface area contributed by atoms with E-state index in [0.29, 0.717) is 11.8 Å². The van der Waals surface area contributed by atoms with Crippen LogP contribution in [0, 0.1) is 5.92 Å². The first-order valence-electron chi connectivity index (χ1n) is 6.98. The maximum atomic E-state index is 6.19. The van der Waals surface area contributed by atoms with Crippen molar-refractivity contribution in [2.45, 2.75) is 45.1 Å². The second kappa shape index (κ2) is 4.43. The number of hydrogen-bond acceptors (Lipinski definition) is 2. The van der Waals surface area contributed by atoms with Crippen molar-refractivity contribution >= 4 is 11.0 Å². The molecule has 3 rings (SSSR count). The zero-order valence-electron chi connectivity index (χ0n) is 11.1. The normalized spacial score (nSPS) is 19.1. The number of nitrogens with two attached hydrogens (primary N) is 1. The first-order chi connectivity index (χ1) is 8.69. The SMILES string of the molecule is CCC(C)c1ccc2oc(C(N)C3CC3)cc2c1. The lowest BCUT2D eigenvalue weighted by atomic mass is 9.97. The van der Waals surface area contributed by atoms with Gasteiger partial charge in [0.15, 0.2) is 0 Å². The smallest absolute Gasteiger partial charge is 0.134 e. The van der Waals surface area contributed by atoms with E-state index in [0.717, 1.165) is 17.8 Å². The molecule has 2 atom stereocenters. The molecule has 1 aromatic heterocycles. The molecule has 2 nitrogen and oxygen atoms in total. The van der Waals surface area contributed by atoms with E-state index in [1.54, 1.807) is 0 Å². The van der Waals surface area contributed by atoms with Crippen molar-refractivity contribution in [2.75, 3.05) is 0 Å². The molecule has 0 amide bonds. The minimum Gasteiger partial charge on any atom is -0.459 e. The van der Waals surface area contributed by atoms with Gasteiger partial charge in [0, 0.05) is 5.39 Å². The van der Waals surface area contributed by atoms with E-state index < -0.39 is 0 Å². The molecule has 1 heterocycles. The maximum absolute atomic E-state index is 6.19. The lowest BCUT2D eigenvalue weighted by molar-refractivity contribution is 0.467. The Morgan fingerprint density at radius 3 is 2.78 bits per heavy atom. The predicted molar refractivity (Wildman–Crippen MR) is 74.6 cm³/mol. The summed E-state index contributed by atoms with van der Waals surface area (Å²) >= 11 is 0. The van der Waals surface area contributed by atoms with Crippen molar-refractivity contribution in [1.82, 2.24) is 0 Å². The van der Waals surface area contributed by atoms with Crippen LogP contribution in [0.5, 0.6) is 0 Å². The molecule has 1 aromatic carbocycles. The number of furan rings is 1. The van der Waals surface area contributed by atoms with E-state index in [9.17, 15) is 0 Å². The average molecular weight is 243 g/mol. The monoisotopic (exact) mass is 243 g/mol. The summed E-state index contributed by atoms with van der Waals surface area (Å²) in [5.74, 6) is 2.19. The highest BCUT2D eigenvalue weighted by Gasteiger charge is 2.31. The molecule has 0 bridgehead atoms. The van der Waals surface area contributed by atoms with Crippen LogP contribution in [0.2, 0.25) is 0 Å². The Labute approximate surface area is 108 Å². The third-order valence-electron chi connectivity index (χ3n) is 4.20. The van der Waals surface area contributed by atoms with Crippen molar-refractivity contribution < 1.29 is 4.42 Å². The zero-order chi connectivity index (χ0) is 12.7. The molecule has 18 heavy (non-hydrogen) atoms. The summed E-state index contributed by atoms with van der Waals surface area (Å²) in [7, 11) is 0. The largest absolute Gasteiger partial charge is 0.459 e. The van der Waals surface area contributed by atoms with Crippen LogP contribution in [-0.4, -0.2) is 0 Å². The molecule has 2 N–H and O–H groups in total. The van der Waals surface area contributed by atoms with Gasteiger partial charge in [-0.15, -0.1) is 0 Å². The molecule has 0 aliphatic heterocycles. The summed E-state index contributed by atoms with van der Waals surface area (Å²) in [6.45, 7) is 4.48. The van der Waals surface area contributed by atoms with E-state index >= 15 is 0 Å². The van der Waals surface area contributed by atoms with Crippen molar-refractivity contribution in [2.24, 2.45) is 11.7 Å². The standard InChI is InChI=1S/C16H21NO/c1-3-10(2)12-6-7-14-13(8-12)9-15(18-14)16(17)11-4-5-11/h6-11,16H,3-5,17H2,1-2H3. The molecule has 1 saturated carbocycles. The molecule has 0 spiro atoms. The molecule has 1 aliphatic carbocycles. The Morgan fingerprint density at radius 1 is 1.33 bits per heavy atom. The topological polar surface area (TPSA) is 39.2 Å². The maximum Gasteiger partial charge on any atom is 0.134 e. The van der Waals surface area contributed by atoms with Gasteiger partial charge in [-0.25, -0.2) is 0 Å². The summed E-state index contributed by atoms with van der Waals surface area (Å²) < 4.78 is 5.87. The van der Waals surface area contributed by atoms with E-state index in [4.69, 9.17) is 10.2 Å². The van der Waals surface area contributed by atoms with Crippen LogP contribution >= 0.6 is 0 Å². The Hall–Kier alpha value is -1.28. The quantitative estimate of drug-likeness (QED) is 0.866. The van der Waals surface area contributed by atoms with Crippen LogP contribution in [-0.2, 0) is 0 Å². The van der Waals surface area contributed by atoms with Gasteiger partial charge in [-0.1, -0.05) is 19.9 Å². The van der Waals surface area contributed by atoms with E-state index in [1.807, 2.05) is 0 Å². The Bertz CT molecular complexity index is 553. The Balaban J connectivity index is 1.95. The fraction of sp³-hybridized carbons (Fsp3) is 0.500. The molecule has 2 unspecified atom stereocenters. The second-order valence-corrected chi connectivity index (χ2v) is 5.62. The fourth-order valence-electron chi connectivity index (χ4n) is 2.48. The highest BCUT2D eigenvalue weighted by atomic mass is 16.3. The minimum atomic E-state index is 0.0875. The molecular weight excluding hydrogens is 222 g/mol. The van der Waals surface area contributed by atoms with Gasteiger partial charge in [-0.3, -0.25) is 0 Å². The van der Waals surface area contributed by atoms with Crippen molar-refractivity contribution in [3.63, 3.8) is 0 Å². The molecule has 96 valence electrons. The predicted octanol–water partition coefficient (Wildman–Crippen LogP) is 4.36. The highest BCUT2D eigenvalue weighted by Crippen LogP contribution is 2.41. The van der Waals surface area contributed by atoms with Crippen LogP contribution in [0.4, 0.5) is 0 Å². The number of benzene rings is 1. The van der Waals surface area contributed by atoms with Gasteiger partial charge < -0.3 is 10.2 Å². The van der Waals surface area contributed by atoms with Crippen LogP contribution in [0.15, 0.2) is 28.7 Å². The molecular formula is C16H21NO. The third kappa shape index (κ3) is 2.05. The highest BCUT2D eigenvalue weighted by molar-refractivity contribution is 5.79. The number of hydrogen-bond donors (Lipinski definition) is 1. The van der Waals surface area contributed by atoms with Crippen molar-refractivity contribution in [3.8, 4) is 0 Å². The Kier molecular flexibility index (Phi) is 2.90. The third-order valence-corrected chi connectivity index (χ3v) is 4.20. The Morgan fingerprint density at radius 2 is 2.11 bits per heavy atom. The van der Waals surface area contributed by atoms with Gasteiger partial charge in [0.25, 0.3) is 0 Å². The van der Waals surface area contributed by atoms with Crippen molar-refractivity contribution in [3.05, 3.63) is 35.6 Å². The van der Waals surface area contributed by atoms with Crippen LogP contribution in [0.3, 0.4) is 0 Å². The first-order valence-corrected chi connectivity index (χ1v) is 6.98. The number of rotatable bonds is 4. The fourth-order valence-corrected chi connectivity index (χ4v) is 2.48. The summed E-state index contributed by atoms with van der Waals surface area (Å²) in [6.07, 6.45) is 3.66. The van der Waals surface area contributed by atoms with Gasteiger partial charge in [0.2, 0.25) is 0 Å². The number of fused-ring (bicyclic) bond motifs is 1. The van der Waals surface area contributed by atoms with E-state index in [-0.39, 0.29) is 6.04 Å². The van der Waals surface area contributed by atoms with Gasteiger partial charge in [0.1, 0.15) is 11.3 Å². The molecule has 2 aromatic rings. The van der Waals surface area contributed by atoms with Gasteiger partial charge in [0.05, 0.1) is 6.04 Å². The summed E-state index contributed by atoms with van der Waals surface area (Å²) in [5.41, 5.74) is 8.55. The van der Waals surface area contributed by atoms with Crippen molar-refractivity contribution in [1.29, 1.82) is 0 Å². The van der Waals surface area contributed by atoms with Crippen LogP contribution < -0.4 is 5.73 Å². The zero-order valence-corrected chi connectivity index (χ0v) is 11.1. The molecule has 1 aliphatic rings. The molecule has 1 fully saturated rings. The second-order valence-electron chi connectivity index (χ2n) is 5.62. The lowest BCUT2D eigenvalue weighted by Crippen LogP contribution is -2.10. The van der Waals surface area contributed by atoms with Crippen LogP contribution in [0.1, 0.15) is 56.4 Å². The molecule has 2 heteroatoms. The first kappa shape index (κ1) is 11.8. The van der Waals surface area contributed by atoms with Gasteiger partial charge in [-0.05, 0) is 54.9 Å². The molecule has 0 saturated heterocycles. The van der Waals surface area contributed by atoms with E-state index in [1.165, 1.54) is 23.8 Å². The molecule has 0 radical (unpaired) electrons. The average Bonchev–Trinajstić information content (AvgIpc) is 3.15. The minimum absolute atomic E-state index is 0.0875. The van der Waals surface area contributed by atoms with Crippen LogP contribution in [0.25, 0.3) is 11.0 Å². The summed E-state index contributed by atoms with van der Waals surface area (Å²) in [5, 5.41) is 1.19.